The Morgan fingerprint density at radius 1 is 0.964 bits per heavy atom. The molecule has 140 valence electrons. The molecule has 28 heavy (non-hydrogen) atoms. The average molecular weight is 370 g/mol. The molecule has 0 fully saturated rings. The maximum atomic E-state index is 12.0. The van der Waals surface area contributed by atoms with Gasteiger partial charge in [-0.05, 0) is 37.3 Å². The first kappa shape index (κ1) is 17.9. The largest absolute Gasteiger partial charge is 0.465 e. The summed E-state index contributed by atoms with van der Waals surface area (Å²) in [6.07, 6.45) is 0. The van der Waals surface area contributed by atoms with Crippen molar-refractivity contribution in [1.82, 2.24) is 4.98 Å². The van der Waals surface area contributed by atoms with Gasteiger partial charge in [-0.1, -0.05) is 48.5 Å². The van der Waals surface area contributed by atoms with Crippen molar-refractivity contribution in [3.8, 4) is 11.3 Å². The van der Waals surface area contributed by atoms with Crippen LogP contribution in [-0.2, 0) is 4.74 Å². The van der Waals surface area contributed by atoms with Crippen molar-refractivity contribution in [3.63, 3.8) is 0 Å². The van der Waals surface area contributed by atoms with E-state index < -0.39 is 0 Å². The lowest BCUT2D eigenvalue weighted by Crippen LogP contribution is -2.16. The Bertz CT molecular complexity index is 1100. The van der Waals surface area contributed by atoms with Crippen LogP contribution in [0.5, 0.6) is 0 Å². The first-order valence-corrected chi connectivity index (χ1v) is 9.35. The highest BCUT2D eigenvalue weighted by Crippen LogP contribution is 2.41. The standard InChI is InChI=1S/C24H22N2O2/c1-3-26(19-12-8-5-9-13-19)23-20-15-14-18(24(27)28-2)16-21(20)25-22(23)17-10-6-4-7-11-17/h4-16,25H,3H2,1-2H3. The second-order valence-corrected chi connectivity index (χ2v) is 6.55. The number of esters is 1. The van der Waals surface area contributed by atoms with Gasteiger partial charge in [0.15, 0.2) is 0 Å². The van der Waals surface area contributed by atoms with E-state index >= 15 is 0 Å². The van der Waals surface area contributed by atoms with Crippen LogP contribution in [0.3, 0.4) is 0 Å². The number of benzene rings is 3. The van der Waals surface area contributed by atoms with Crippen molar-refractivity contribution in [2.24, 2.45) is 0 Å². The van der Waals surface area contributed by atoms with Crippen LogP contribution in [0.15, 0.2) is 78.9 Å². The van der Waals surface area contributed by atoms with Crippen LogP contribution in [-0.4, -0.2) is 24.6 Å². The number of carbonyl (C=O) groups excluding carboxylic acids is 1. The molecule has 0 amide bonds. The molecule has 1 N–H and O–H groups in total. The van der Waals surface area contributed by atoms with Crippen molar-refractivity contribution in [1.29, 1.82) is 0 Å². The van der Waals surface area contributed by atoms with Gasteiger partial charge in [-0.2, -0.15) is 0 Å². The first-order chi connectivity index (χ1) is 13.7. The van der Waals surface area contributed by atoms with Gasteiger partial charge in [0, 0.05) is 28.7 Å². The number of hydrogen-bond acceptors (Lipinski definition) is 3. The third kappa shape index (κ3) is 3.14. The highest BCUT2D eigenvalue weighted by Gasteiger charge is 2.20. The third-order valence-corrected chi connectivity index (χ3v) is 4.91. The number of anilines is 2. The molecule has 0 saturated heterocycles. The van der Waals surface area contributed by atoms with Crippen molar-refractivity contribution in [3.05, 3.63) is 84.4 Å². The normalized spacial score (nSPS) is 10.8. The summed E-state index contributed by atoms with van der Waals surface area (Å²) in [6.45, 7) is 2.96. The van der Waals surface area contributed by atoms with Gasteiger partial charge in [0.25, 0.3) is 0 Å². The predicted molar refractivity (Wildman–Crippen MR) is 114 cm³/mol. The zero-order valence-corrected chi connectivity index (χ0v) is 16.0. The van der Waals surface area contributed by atoms with Crippen LogP contribution in [0.25, 0.3) is 22.2 Å². The SMILES string of the molecule is CCN(c1ccccc1)c1c(-c2ccccc2)[nH]c2cc(C(=O)OC)ccc12. The van der Waals surface area contributed by atoms with E-state index in [1.807, 2.05) is 54.6 Å². The molecule has 0 bridgehead atoms. The van der Waals surface area contributed by atoms with E-state index in [0.29, 0.717) is 5.56 Å². The Labute approximate surface area is 164 Å². The highest BCUT2D eigenvalue weighted by atomic mass is 16.5. The molecule has 0 saturated carbocycles. The molecule has 4 aromatic rings. The highest BCUT2D eigenvalue weighted by molar-refractivity contribution is 6.05. The van der Waals surface area contributed by atoms with Crippen LogP contribution < -0.4 is 4.90 Å². The molecule has 4 nitrogen and oxygen atoms in total. The van der Waals surface area contributed by atoms with E-state index in [-0.39, 0.29) is 5.97 Å². The number of carbonyl (C=O) groups is 1. The number of nitrogens with one attached hydrogen (secondary N) is 1. The Morgan fingerprint density at radius 3 is 2.29 bits per heavy atom. The van der Waals surface area contributed by atoms with E-state index in [1.165, 1.54) is 7.11 Å². The lowest BCUT2D eigenvalue weighted by molar-refractivity contribution is 0.0601. The minimum atomic E-state index is -0.338. The number of aromatic nitrogens is 1. The summed E-state index contributed by atoms with van der Waals surface area (Å²) >= 11 is 0. The fourth-order valence-corrected chi connectivity index (χ4v) is 3.60. The molecular formula is C24H22N2O2. The van der Waals surface area contributed by atoms with Gasteiger partial charge < -0.3 is 14.6 Å². The summed E-state index contributed by atoms with van der Waals surface area (Å²) in [5.74, 6) is -0.338. The second kappa shape index (κ2) is 7.61. The molecule has 0 atom stereocenters. The molecule has 1 heterocycles. The van der Waals surface area contributed by atoms with Crippen molar-refractivity contribution in [2.45, 2.75) is 6.92 Å². The Balaban J connectivity index is 1.97. The predicted octanol–water partition coefficient (Wildman–Crippen LogP) is 5.78. The van der Waals surface area contributed by atoms with Gasteiger partial charge in [0.2, 0.25) is 0 Å². The molecule has 0 unspecified atom stereocenters. The molecule has 0 aliphatic carbocycles. The van der Waals surface area contributed by atoms with Gasteiger partial charge >= 0.3 is 5.97 Å². The number of para-hydroxylation sites is 1. The maximum Gasteiger partial charge on any atom is 0.337 e. The summed E-state index contributed by atoms with van der Waals surface area (Å²) < 4.78 is 4.88. The van der Waals surface area contributed by atoms with E-state index in [0.717, 1.165) is 40.1 Å². The number of aromatic amines is 1. The lowest BCUT2D eigenvalue weighted by Gasteiger charge is -2.24. The van der Waals surface area contributed by atoms with Gasteiger partial charge in [0.05, 0.1) is 24.1 Å². The number of fused-ring (bicyclic) bond motifs is 1. The third-order valence-electron chi connectivity index (χ3n) is 4.91. The van der Waals surface area contributed by atoms with Gasteiger partial charge in [-0.3, -0.25) is 0 Å². The lowest BCUT2D eigenvalue weighted by atomic mass is 10.1. The summed E-state index contributed by atoms with van der Waals surface area (Å²) in [4.78, 5) is 17.8. The Kier molecular flexibility index (Phi) is 4.85. The van der Waals surface area contributed by atoms with Crippen molar-refractivity contribution in [2.75, 3.05) is 18.6 Å². The van der Waals surface area contributed by atoms with Gasteiger partial charge in [-0.25, -0.2) is 4.79 Å². The number of rotatable bonds is 5. The van der Waals surface area contributed by atoms with Crippen LogP contribution in [0.4, 0.5) is 11.4 Å². The number of ether oxygens (including phenoxy) is 1. The van der Waals surface area contributed by atoms with E-state index in [9.17, 15) is 4.79 Å². The quantitative estimate of drug-likeness (QED) is 0.453. The van der Waals surface area contributed by atoms with Crippen LogP contribution >= 0.6 is 0 Å². The molecule has 4 rings (SSSR count). The number of nitrogens with zero attached hydrogens (tertiary/aromatic N) is 1. The van der Waals surface area contributed by atoms with Crippen molar-refractivity contribution >= 4 is 28.2 Å². The van der Waals surface area contributed by atoms with Crippen LogP contribution in [0, 0.1) is 0 Å². The minimum Gasteiger partial charge on any atom is -0.465 e. The molecule has 0 aliphatic heterocycles. The fourth-order valence-electron chi connectivity index (χ4n) is 3.60. The minimum absolute atomic E-state index is 0.338. The topological polar surface area (TPSA) is 45.3 Å². The van der Waals surface area contributed by atoms with Crippen molar-refractivity contribution < 1.29 is 9.53 Å². The zero-order chi connectivity index (χ0) is 19.5. The Hall–Kier alpha value is -3.53. The molecule has 0 spiro atoms. The van der Waals surface area contributed by atoms with Crippen LogP contribution in [0.2, 0.25) is 0 Å². The summed E-state index contributed by atoms with van der Waals surface area (Å²) in [5, 5.41) is 1.07. The molecule has 0 radical (unpaired) electrons. The summed E-state index contributed by atoms with van der Waals surface area (Å²) in [5.41, 5.74) is 5.80. The van der Waals surface area contributed by atoms with E-state index in [2.05, 4.69) is 41.1 Å². The monoisotopic (exact) mass is 370 g/mol. The summed E-state index contributed by atoms with van der Waals surface area (Å²) in [7, 11) is 1.40. The van der Waals surface area contributed by atoms with Gasteiger partial charge in [0.1, 0.15) is 0 Å². The number of methoxy groups -OCH3 is 1. The van der Waals surface area contributed by atoms with E-state index in [1.54, 1.807) is 0 Å². The molecular weight excluding hydrogens is 348 g/mol. The van der Waals surface area contributed by atoms with Gasteiger partial charge in [-0.15, -0.1) is 0 Å². The molecule has 4 heteroatoms. The molecule has 3 aromatic carbocycles. The summed E-state index contributed by atoms with van der Waals surface area (Å²) in [6, 6.07) is 26.3. The Morgan fingerprint density at radius 2 is 1.64 bits per heavy atom. The fraction of sp³-hybridized carbons (Fsp3) is 0.125. The first-order valence-electron chi connectivity index (χ1n) is 9.35. The average Bonchev–Trinajstić information content (AvgIpc) is 3.14. The maximum absolute atomic E-state index is 12.0. The number of hydrogen-bond donors (Lipinski definition) is 1. The zero-order valence-electron chi connectivity index (χ0n) is 16.0. The number of H-pyrrole nitrogens is 1. The smallest absolute Gasteiger partial charge is 0.337 e. The van der Waals surface area contributed by atoms with Crippen LogP contribution in [0.1, 0.15) is 17.3 Å². The molecule has 1 aromatic heterocycles. The second-order valence-electron chi connectivity index (χ2n) is 6.55. The van der Waals surface area contributed by atoms with E-state index in [4.69, 9.17) is 4.74 Å². The molecule has 0 aliphatic rings.